The van der Waals surface area contributed by atoms with Gasteiger partial charge in [-0.1, -0.05) is 17.7 Å². The molecule has 0 radical (unpaired) electrons. The van der Waals surface area contributed by atoms with Crippen LogP contribution >= 0.6 is 11.6 Å². The molecule has 1 saturated heterocycles. The van der Waals surface area contributed by atoms with Crippen LogP contribution in [0.2, 0.25) is 5.02 Å². The van der Waals surface area contributed by atoms with E-state index in [1.54, 1.807) is 4.68 Å². The number of benzene rings is 1. The second-order valence-corrected chi connectivity index (χ2v) is 7.94. The molecule has 1 spiro atoms. The number of ether oxygens (including phenoxy) is 1. The number of nitrogens with zero attached hydrogens (tertiary/aromatic N) is 3. The van der Waals surface area contributed by atoms with Gasteiger partial charge < -0.3 is 9.84 Å². The summed E-state index contributed by atoms with van der Waals surface area (Å²) >= 11 is 6.29. The molecule has 1 fully saturated rings. The van der Waals surface area contributed by atoms with Crippen LogP contribution in [-0.2, 0) is 29.8 Å². The second-order valence-electron chi connectivity index (χ2n) is 7.50. The summed E-state index contributed by atoms with van der Waals surface area (Å²) in [7, 11) is 0. The normalized spacial score (nSPS) is 26.2. The molecule has 0 aliphatic carbocycles. The molecule has 3 heterocycles. The SMILES string of the molecule is C[C@H]1C[C@@]2(CCN1Cc1cnn(CCO)c1)OCCc1ccc(Cl)cc12. The van der Waals surface area contributed by atoms with Crippen LogP contribution in [-0.4, -0.2) is 45.6 Å². The van der Waals surface area contributed by atoms with E-state index in [0.717, 1.165) is 44.0 Å². The van der Waals surface area contributed by atoms with Crippen LogP contribution in [0.25, 0.3) is 0 Å². The first kappa shape index (κ1) is 18.0. The van der Waals surface area contributed by atoms with E-state index in [-0.39, 0.29) is 12.2 Å². The molecule has 4 rings (SSSR count). The topological polar surface area (TPSA) is 50.5 Å². The summed E-state index contributed by atoms with van der Waals surface area (Å²) in [6, 6.07) is 6.67. The maximum Gasteiger partial charge on any atom is 0.0961 e. The summed E-state index contributed by atoms with van der Waals surface area (Å²) in [5.41, 5.74) is 3.66. The Hall–Kier alpha value is -1.40. The van der Waals surface area contributed by atoms with E-state index < -0.39 is 0 Å². The third-order valence-corrected chi connectivity index (χ3v) is 6.00. The minimum Gasteiger partial charge on any atom is -0.394 e. The summed E-state index contributed by atoms with van der Waals surface area (Å²) in [6.07, 6.45) is 6.86. The number of hydrogen-bond donors (Lipinski definition) is 1. The van der Waals surface area contributed by atoms with Crippen molar-refractivity contribution < 1.29 is 9.84 Å². The molecule has 2 aliphatic heterocycles. The van der Waals surface area contributed by atoms with Gasteiger partial charge in [-0.05, 0) is 49.4 Å². The lowest BCUT2D eigenvalue weighted by molar-refractivity contribution is -0.113. The molecular formula is C20H26ClN3O2. The fraction of sp³-hybridized carbons (Fsp3) is 0.550. The maximum atomic E-state index is 9.04. The standard InChI is InChI=1S/C20H26ClN3O2/c1-15-11-20(19-10-18(21)3-2-17(19)4-9-26-20)5-6-23(15)13-16-12-22-24(14-16)7-8-25/h2-3,10,12,14-15,25H,4-9,11,13H2,1H3/t15-,20+/m0/s1. The quantitative estimate of drug-likeness (QED) is 0.892. The highest BCUT2D eigenvalue weighted by Gasteiger charge is 2.43. The highest BCUT2D eigenvalue weighted by atomic mass is 35.5. The molecule has 5 nitrogen and oxygen atoms in total. The van der Waals surface area contributed by atoms with Crippen molar-refractivity contribution in [3.63, 3.8) is 0 Å². The van der Waals surface area contributed by atoms with Gasteiger partial charge in [0, 0.05) is 35.9 Å². The monoisotopic (exact) mass is 375 g/mol. The van der Waals surface area contributed by atoms with E-state index in [2.05, 4.69) is 29.1 Å². The van der Waals surface area contributed by atoms with Crippen molar-refractivity contribution in [2.75, 3.05) is 19.8 Å². The van der Waals surface area contributed by atoms with Crippen LogP contribution in [0, 0.1) is 0 Å². The van der Waals surface area contributed by atoms with Crippen molar-refractivity contribution in [3.8, 4) is 0 Å². The van der Waals surface area contributed by atoms with Crippen molar-refractivity contribution in [1.82, 2.24) is 14.7 Å². The van der Waals surface area contributed by atoms with E-state index in [4.69, 9.17) is 21.4 Å². The zero-order chi connectivity index (χ0) is 18.1. The van der Waals surface area contributed by atoms with E-state index in [0.29, 0.717) is 12.6 Å². The molecule has 26 heavy (non-hydrogen) atoms. The Bertz CT molecular complexity index is 778. The minimum atomic E-state index is -0.199. The fourth-order valence-corrected chi connectivity index (χ4v) is 4.61. The van der Waals surface area contributed by atoms with E-state index >= 15 is 0 Å². The van der Waals surface area contributed by atoms with Crippen LogP contribution in [0.15, 0.2) is 30.6 Å². The number of aliphatic hydroxyl groups is 1. The zero-order valence-electron chi connectivity index (χ0n) is 15.2. The van der Waals surface area contributed by atoms with Crippen molar-refractivity contribution in [2.24, 2.45) is 0 Å². The highest BCUT2D eigenvalue weighted by Crippen LogP contribution is 2.44. The number of rotatable bonds is 4. The third kappa shape index (κ3) is 3.41. The number of piperidine rings is 1. The first-order valence-electron chi connectivity index (χ1n) is 9.39. The molecule has 2 atom stereocenters. The number of fused-ring (bicyclic) bond motifs is 2. The maximum absolute atomic E-state index is 9.04. The first-order chi connectivity index (χ1) is 12.6. The Morgan fingerprint density at radius 1 is 1.42 bits per heavy atom. The lowest BCUT2D eigenvalue weighted by Gasteiger charge is -2.48. The molecule has 1 aromatic carbocycles. The molecule has 0 bridgehead atoms. The Kier molecular flexibility index (Phi) is 5.06. The van der Waals surface area contributed by atoms with Gasteiger partial charge in [0.15, 0.2) is 0 Å². The largest absolute Gasteiger partial charge is 0.394 e. The summed E-state index contributed by atoms with van der Waals surface area (Å²) in [5.74, 6) is 0. The molecule has 6 heteroatoms. The van der Waals surface area contributed by atoms with Gasteiger partial charge in [0.2, 0.25) is 0 Å². The second kappa shape index (κ2) is 7.31. The summed E-state index contributed by atoms with van der Waals surface area (Å²) < 4.78 is 8.16. The predicted octanol–water partition coefficient (Wildman–Crippen LogP) is 2.98. The molecule has 0 amide bonds. The number of hydrogen-bond acceptors (Lipinski definition) is 4. The number of halogens is 1. The molecular weight excluding hydrogens is 350 g/mol. The Morgan fingerprint density at radius 2 is 2.31 bits per heavy atom. The van der Waals surface area contributed by atoms with Crippen molar-refractivity contribution in [1.29, 1.82) is 0 Å². The highest BCUT2D eigenvalue weighted by molar-refractivity contribution is 6.30. The lowest BCUT2D eigenvalue weighted by atomic mass is 9.77. The average molecular weight is 376 g/mol. The minimum absolute atomic E-state index is 0.114. The fourth-order valence-electron chi connectivity index (χ4n) is 4.44. The van der Waals surface area contributed by atoms with Crippen molar-refractivity contribution in [2.45, 2.75) is 50.9 Å². The third-order valence-electron chi connectivity index (χ3n) is 5.77. The smallest absolute Gasteiger partial charge is 0.0961 e. The summed E-state index contributed by atoms with van der Waals surface area (Å²) in [6.45, 7) is 5.59. The number of aliphatic hydroxyl groups excluding tert-OH is 1. The molecule has 1 N–H and O–H groups in total. The van der Waals surface area contributed by atoms with Crippen LogP contribution in [0.3, 0.4) is 0 Å². The number of likely N-dealkylation sites (tertiary alicyclic amines) is 1. The number of aromatic nitrogens is 2. The molecule has 2 aliphatic rings. The molecule has 1 aromatic heterocycles. The Labute approximate surface area is 159 Å². The predicted molar refractivity (Wildman–Crippen MR) is 101 cm³/mol. The van der Waals surface area contributed by atoms with Crippen LogP contribution in [0.4, 0.5) is 0 Å². The van der Waals surface area contributed by atoms with E-state index in [9.17, 15) is 0 Å². The first-order valence-corrected chi connectivity index (χ1v) is 9.76. The molecule has 0 unspecified atom stereocenters. The van der Waals surface area contributed by atoms with Crippen molar-refractivity contribution in [3.05, 3.63) is 52.3 Å². The molecule has 140 valence electrons. The Morgan fingerprint density at radius 3 is 3.12 bits per heavy atom. The van der Waals surface area contributed by atoms with Crippen molar-refractivity contribution >= 4 is 11.6 Å². The summed E-state index contributed by atoms with van der Waals surface area (Å²) in [5, 5.41) is 14.1. The Balaban J connectivity index is 1.49. The van der Waals surface area contributed by atoms with Gasteiger partial charge in [0.05, 0.1) is 31.6 Å². The molecule has 0 saturated carbocycles. The van der Waals surface area contributed by atoms with Gasteiger partial charge in [-0.2, -0.15) is 5.10 Å². The van der Waals surface area contributed by atoms with Gasteiger partial charge in [0.1, 0.15) is 0 Å². The van der Waals surface area contributed by atoms with E-state index in [1.165, 1.54) is 16.7 Å². The van der Waals surface area contributed by atoms with Gasteiger partial charge >= 0.3 is 0 Å². The van der Waals surface area contributed by atoms with E-state index in [1.807, 2.05) is 18.5 Å². The van der Waals surface area contributed by atoms with Crippen LogP contribution < -0.4 is 0 Å². The zero-order valence-corrected chi connectivity index (χ0v) is 16.0. The van der Waals surface area contributed by atoms with Gasteiger partial charge in [0.25, 0.3) is 0 Å². The van der Waals surface area contributed by atoms with Gasteiger partial charge in [-0.15, -0.1) is 0 Å². The molecule has 2 aromatic rings. The van der Waals surface area contributed by atoms with Gasteiger partial charge in [-0.25, -0.2) is 0 Å². The van der Waals surface area contributed by atoms with Gasteiger partial charge in [-0.3, -0.25) is 9.58 Å². The summed E-state index contributed by atoms with van der Waals surface area (Å²) in [4.78, 5) is 2.49. The van der Waals surface area contributed by atoms with Crippen LogP contribution in [0.1, 0.15) is 36.5 Å². The lowest BCUT2D eigenvalue weighted by Crippen LogP contribution is -2.50. The van der Waals surface area contributed by atoms with Crippen LogP contribution in [0.5, 0.6) is 0 Å². The average Bonchev–Trinajstić information content (AvgIpc) is 3.06.